The monoisotopic (exact) mass is 455 g/mol. The first-order valence-electron chi connectivity index (χ1n) is 9.83. The van der Waals surface area contributed by atoms with Crippen molar-refractivity contribution in [1.29, 1.82) is 0 Å². The van der Waals surface area contributed by atoms with E-state index in [-0.39, 0.29) is 17.1 Å². The summed E-state index contributed by atoms with van der Waals surface area (Å²) in [5.74, 6) is 1.41. The molecule has 0 fully saturated rings. The van der Waals surface area contributed by atoms with Crippen LogP contribution in [0.2, 0.25) is 0 Å². The summed E-state index contributed by atoms with van der Waals surface area (Å²) >= 11 is 1.66. The van der Waals surface area contributed by atoms with Crippen LogP contribution in [0.25, 0.3) is 0 Å². The zero-order valence-corrected chi connectivity index (χ0v) is 19.1. The minimum absolute atomic E-state index is 0.129. The second kappa shape index (κ2) is 10.5. The van der Waals surface area contributed by atoms with Crippen LogP contribution in [0.4, 0.5) is 5.69 Å². The summed E-state index contributed by atoms with van der Waals surface area (Å²) in [6.07, 6.45) is 0.758. The lowest BCUT2D eigenvalue weighted by Gasteiger charge is -2.10. The topological polar surface area (TPSA) is 72.5 Å². The van der Waals surface area contributed by atoms with E-state index >= 15 is 0 Å². The zero-order valence-electron chi connectivity index (χ0n) is 17.5. The highest BCUT2D eigenvalue weighted by molar-refractivity contribution is 7.99. The molecule has 0 aliphatic carbocycles. The molecule has 7 heteroatoms. The maximum Gasteiger partial charge on any atom is 0.261 e. The number of rotatable bonds is 10. The smallest absolute Gasteiger partial charge is 0.261 e. The standard InChI is InChI=1S/C24H25NO4S2/c1-18-6-10-23(11-7-18)30-15-14-21(26)16-19-8-12-24(13-9-19)31(27,28)25-20-4-3-5-22(17-20)29-2/h3-13,17,25H,14-16H2,1-2H3. The number of carbonyl (C=O) groups is 1. The third kappa shape index (κ3) is 6.87. The molecule has 3 aromatic rings. The first-order chi connectivity index (χ1) is 14.9. The fourth-order valence-electron chi connectivity index (χ4n) is 2.92. The first kappa shape index (κ1) is 22.9. The van der Waals surface area contributed by atoms with Gasteiger partial charge in [0, 0.05) is 29.6 Å². The van der Waals surface area contributed by atoms with Gasteiger partial charge in [0.1, 0.15) is 11.5 Å². The van der Waals surface area contributed by atoms with Crippen LogP contribution in [0.5, 0.6) is 5.75 Å². The molecule has 0 bridgehead atoms. The van der Waals surface area contributed by atoms with E-state index in [0.717, 1.165) is 16.2 Å². The minimum Gasteiger partial charge on any atom is -0.497 e. The van der Waals surface area contributed by atoms with Crippen molar-refractivity contribution >= 4 is 33.3 Å². The van der Waals surface area contributed by atoms with E-state index in [1.54, 1.807) is 48.2 Å². The fraction of sp³-hybridized carbons (Fsp3) is 0.208. The van der Waals surface area contributed by atoms with Crippen molar-refractivity contribution in [3.8, 4) is 5.75 Å². The molecular weight excluding hydrogens is 430 g/mol. The SMILES string of the molecule is COc1cccc(NS(=O)(=O)c2ccc(CC(=O)CCSc3ccc(C)cc3)cc2)c1. The van der Waals surface area contributed by atoms with Gasteiger partial charge in [-0.2, -0.15) is 0 Å². The molecule has 3 aromatic carbocycles. The molecule has 0 saturated heterocycles. The second-order valence-corrected chi connectivity index (χ2v) is 9.96. The highest BCUT2D eigenvalue weighted by Crippen LogP contribution is 2.22. The number of hydrogen-bond donors (Lipinski definition) is 1. The number of anilines is 1. The highest BCUT2D eigenvalue weighted by Gasteiger charge is 2.15. The van der Waals surface area contributed by atoms with Crippen molar-refractivity contribution < 1.29 is 17.9 Å². The molecule has 0 amide bonds. The van der Waals surface area contributed by atoms with Crippen molar-refractivity contribution in [3.05, 3.63) is 83.9 Å². The molecule has 0 unspecified atom stereocenters. The molecule has 0 saturated carbocycles. The number of benzene rings is 3. The van der Waals surface area contributed by atoms with Gasteiger partial charge in [-0.1, -0.05) is 35.9 Å². The number of methoxy groups -OCH3 is 1. The van der Waals surface area contributed by atoms with Crippen molar-refractivity contribution in [1.82, 2.24) is 0 Å². The Morgan fingerprint density at radius 2 is 1.71 bits per heavy atom. The van der Waals surface area contributed by atoms with Gasteiger partial charge < -0.3 is 4.74 Å². The number of thioether (sulfide) groups is 1. The van der Waals surface area contributed by atoms with Crippen molar-refractivity contribution in [2.75, 3.05) is 17.6 Å². The van der Waals surface area contributed by atoms with Gasteiger partial charge >= 0.3 is 0 Å². The van der Waals surface area contributed by atoms with Gasteiger partial charge in [0.15, 0.2) is 0 Å². The lowest BCUT2D eigenvalue weighted by molar-refractivity contribution is -0.118. The lowest BCUT2D eigenvalue weighted by Crippen LogP contribution is -2.13. The molecule has 0 aliphatic heterocycles. The first-order valence-corrected chi connectivity index (χ1v) is 12.3. The summed E-state index contributed by atoms with van der Waals surface area (Å²) in [5.41, 5.74) is 2.43. The number of carbonyl (C=O) groups excluding carboxylic acids is 1. The van der Waals surface area contributed by atoms with Gasteiger partial charge in [0.2, 0.25) is 0 Å². The molecule has 0 heterocycles. The van der Waals surface area contributed by atoms with Gasteiger partial charge in [0.05, 0.1) is 17.7 Å². The molecular formula is C24H25NO4S2. The molecule has 0 aromatic heterocycles. The van der Waals surface area contributed by atoms with Crippen molar-refractivity contribution in [2.24, 2.45) is 0 Å². The van der Waals surface area contributed by atoms with Gasteiger partial charge in [-0.05, 0) is 48.9 Å². The van der Waals surface area contributed by atoms with Crippen molar-refractivity contribution in [3.63, 3.8) is 0 Å². The Bertz CT molecular complexity index is 1130. The van der Waals surface area contributed by atoms with E-state index in [4.69, 9.17) is 4.74 Å². The molecule has 1 N–H and O–H groups in total. The number of Topliss-reactive ketones (excluding diaryl/α,β-unsaturated/α-hetero) is 1. The number of aryl methyl sites for hydroxylation is 1. The summed E-state index contributed by atoms with van der Waals surface area (Å²) in [4.78, 5) is 13.6. The van der Waals surface area contributed by atoms with E-state index in [0.29, 0.717) is 17.9 Å². The van der Waals surface area contributed by atoms with Crippen LogP contribution in [0, 0.1) is 6.92 Å². The number of hydrogen-bond acceptors (Lipinski definition) is 5. The summed E-state index contributed by atoms with van der Waals surface area (Å²) in [6.45, 7) is 2.05. The summed E-state index contributed by atoms with van der Waals surface area (Å²) in [5, 5.41) is 0. The van der Waals surface area contributed by atoms with Crippen LogP contribution in [-0.4, -0.2) is 27.1 Å². The fourth-order valence-corrected chi connectivity index (χ4v) is 4.86. The van der Waals surface area contributed by atoms with Gasteiger partial charge in [-0.3, -0.25) is 9.52 Å². The molecule has 0 spiro atoms. The Balaban J connectivity index is 1.53. The van der Waals surface area contributed by atoms with Crippen LogP contribution in [-0.2, 0) is 21.2 Å². The molecule has 3 rings (SSSR count). The third-order valence-electron chi connectivity index (χ3n) is 4.63. The zero-order chi connectivity index (χ0) is 22.3. The normalized spacial score (nSPS) is 11.2. The van der Waals surface area contributed by atoms with Crippen LogP contribution in [0.1, 0.15) is 17.5 Å². The lowest BCUT2D eigenvalue weighted by atomic mass is 10.1. The second-order valence-electron chi connectivity index (χ2n) is 7.11. The third-order valence-corrected chi connectivity index (χ3v) is 7.04. The van der Waals surface area contributed by atoms with E-state index in [2.05, 4.69) is 29.0 Å². The molecule has 162 valence electrons. The maximum atomic E-state index is 12.6. The van der Waals surface area contributed by atoms with Crippen LogP contribution >= 0.6 is 11.8 Å². The Hall–Kier alpha value is -2.77. The Morgan fingerprint density at radius 1 is 1.00 bits per heavy atom. The Morgan fingerprint density at radius 3 is 2.39 bits per heavy atom. The maximum absolute atomic E-state index is 12.6. The summed E-state index contributed by atoms with van der Waals surface area (Å²) < 4.78 is 32.9. The number of sulfonamides is 1. The Kier molecular flexibility index (Phi) is 7.76. The highest BCUT2D eigenvalue weighted by atomic mass is 32.2. The largest absolute Gasteiger partial charge is 0.497 e. The van der Waals surface area contributed by atoms with E-state index in [9.17, 15) is 13.2 Å². The number of ketones is 1. The van der Waals surface area contributed by atoms with Crippen LogP contribution in [0.15, 0.2) is 82.6 Å². The molecule has 5 nitrogen and oxygen atoms in total. The summed E-state index contributed by atoms with van der Waals surface area (Å²) in [6, 6.07) is 21.4. The molecule has 0 aliphatic rings. The summed E-state index contributed by atoms with van der Waals surface area (Å²) in [7, 11) is -2.20. The van der Waals surface area contributed by atoms with Crippen LogP contribution in [0.3, 0.4) is 0 Å². The molecule has 0 radical (unpaired) electrons. The predicted octanol–water partition coefficient (Wildman–Crippen LogP) is 5.10. The van der Waals surface area contributed by atoms with Gasteiger partial charge in [-0.25, -0.2) is 8.42 Å². The number of nitrogens with one attached hydrogen (secondary N) is 1. The quantitative estimate of drug-likeness (QED) is 0.431. The molecule has 31 heavy (non-hydrogen) atoms. The number of ether oxygens (including phenoxy) is 1. The van der Waals surface area contributed by atoms with E-state index in [1.807, 2.05) is 6.92 Å². The average Bonchev–Trinajstić information content (AvgIpc) is 2.75. The van der Waals surface area contributed by atoms with E-state index < -0.39 is 10.0 Å². The minimum atomic E-state index is -3.73. The predicted molar refractivity (Wildman–Crippen MR) is 125 cm³/mol. The van der Waals surface area contributed by atoms with Crippen LogP contribution < -0.4 is 9.46 Å². The van der Waals surface area contributed by atoms with Gasteiger partial charge in [0.25, 0.3) is 10.0 Å². The average molecular weight is 456 g/mol. The molecule has 0 atom stereocenters. The van der Waals surface area contributed by atoms with E-state index in [1.165, 1.54) is 24.8 Å². The Labute approximate surface area is 187 Å². The van der Waals surface area contributed by atoms with Gasteiger partial charge in [-0.15, -0.1) is 11.8 Å². The van der Waals surface area contributed by atoms with Crippen molar-refractivity contribution in [2.45, 2.75) is 29.6 Å².